The molecule has 1 aromatic carbocycles. The van der Waals surface area contributed by atoms with Crippen LogP contribution in [-0.4, -0.2) is 30.2 Å². The van der Waals surface area contributed by atoms with Crippen LogP contribution in [-0.2, 0) is 6.42 Å². The first kappa shape index (κ1) is 17.9. The van der Waals surface area contributed by atoms with Crippen LogP contribution >= 0.6 is 12.4 Å². The molecule has 19 heavy (non-hydrogen) atoms. The lowest BCUT2D eigenvalue weighted by atomic mass is 10.0. The molecule has 0 spiro atoms. The molecule has 4 N–H and O–H groups in total. The molecule has 108 valence electrons. The topological polar surface area (TPSA) is 75.4 Å². The molecule has 1 atom stereocenters. The summed E-state index contributed by atoms with van der Waals surface area (Å²) in [6.07, 6.45) is 2.54. The van der Waals surface area contributed by atoms with Crippen molar-refractivity contribution >= 4 is 18.3 Å². The summed E-state index contributed by atoms with van der Waals surface area (Å²) in [7, 11) is 0. The van der Waals surface area contributed by atoms with Crippen molar-refractivity contribution in [1.29, 1.82) is 0 Å². The van der Waals surface area contributed by atoms with Crippen LogP contribution in [0.5, 0.6) is 0 Å². The average molecular weight is 287 g/mol. The Bertz CT molecular complexity index is 385. The molecule has 0 aromatic heterocycles. The van der Waals surface area contributed by atoms with Gasteiger partial charge in [-0.2, -0.15) is 0 Å². The van der Waals surface area contributed by atoms with Crippen LogP contribution in [0.25, 0.3) is 0 Å². The lowest BCUT2D eigenvalue weighted by molar-refractivity contribution is 0.0952. The summed E-state index contributed by atoms with van der Waals surface area (Å²) in [5.41, 5.74) is 7.25. The zero-order valence-corrected chi connectivity index (χ0v) is 12.1. The highest BCUT2D eigenvalue weighted by molar-refractivity contribution is 5.95. The van der Waals surface area contributed by atoms with Gasteiger partial charge in [0.1, 0.15) is 0 Å². The Hall–Kier alpha value is -1.10. The summed E-state index contributed by atoms with van der Waals surface area (Å²) in [6.45, 7) is 2.70. The maximum absolute atomic E-state index is 12.0. The van der Waals surface area contributed by atoms with Crippen LogP contribution in [0.4, 0.5) is 0 Å². The summed E-state index contributed by atoms with van der Waals surface area (Å²) >= 11 is 0. The number of benzene rings is 1. The molecule has 4 nitrogen and oxygen atoms in total. The van der Waals surface area contributed by atoms with E-state index in [1.54, 1.807) is 6.07 Å². The Balaban J connectivity index is 0.00000324. The number of aliphatic hydroxyl groups excluding tert-OH is 1. The third kappa shape index (κ3) is 6.05. The molecule has 0 unspecified atom stereocenters. The highest BCUT2D eigenvalue weighted by atomic mass is 35.5. The number of amides is 1. The van der Waals surface area contributed by atoms with Gasteiger partial charge in [-0.3, -0.25) is 4.79 Å². The third-order valence-corrected chi connectivity index (χ3v) is 2.79. The van der Waals surface area contributed by atoms with E-state index in [0.717, 1.165) is 18.4 Å². The van der Waals surface area contributed by atoms with Crippen LogP contribution in [0.2, 0.25) is 0 Å². The van der Waals surface area contributed by atoms with Crippen molar-refractivity contribution in [2.24, 2.45) is 5.73 Å². The molecule has 1 aromatic rings. The van der Waals surface area contributed by atoms with Gasteiger partial charge < -0.3 is 16.2 Å². The summed E-state index contributed by atoms with van der Waals surface area (Å²) in [5, 5.41) is 11.9. The van der Waals surface area contributed by atoms with E-state index in [1.165, 1.54) is 0 Å². The van der Waals surface area contributed by atoms with Crippen LogP contribution in [0.1, 0.15) is 35.7 Å². The number of carbonyl (C=O) groups excluding carboxylic acids is 1. The van der Waals surface area contributed by atoms with E-state index < -0.39 is 0 Å². The fraction of sp³-hybridized carbons (Fsp3) is 0.500. The van der Waals surface area contributed by atoms with Crippen LogP contribution in [0.15, 0.2) is 24.3 Å². The largest absolute Gasteiger partial charge is 0.395 e. The zero-order valence-electron chi connectivity index (χ0n) is 11.3. The van der Waals surface area contributed by atoms with Crippen molar-refractivity contribution in [3.05, 3.63) is 35.4 Å². The van der Waals surface area contributed by atoms with E-state index in [0.29, 0.717) is 18.5 Å². The second kappa shape index (κ2) is 9.78. The smallest absolute Gasteiger partial charge is 0.251 e. The van der Waals surface area contributed by atoms with Gasteiger partial charge in [0.05, 0.1) is 6.61 Å². The lowest BCUT2D eigenvalue weighted by Crippen LogP contribution is -2.30. The zero-order chi connectivity index (χ0) is 13.4. The van der Waals surface area contributed by atoms with Crippen molar-refractivity contribution < 1.29 is 9.90 Å². The first-order valence-electron chi connectivity index (χ1n) is 6.41. The fourth-order valence-electron chi connectivity index (χ4n) is 1.74. The van der Waals surface area contributed by atoms with Gasteiger partial charge in [0.25, 0.3) is 5.91 Å². The molecule has 0 saturated heterocycles. The van der Waals surface area contributed by atoms with Crippen molar-refractivity contribution in [3.8, 4) is 0 Å². The maximum atomic E-state index is 12.0. The molecule has 0 aliphatic carbocycles. The molecule has 0 heterocycles. The maximum Gasteiger partial charge on any atom is 0.251 e. The Kier molecular flexibility index (Phi) is 9.21. The number of unbranched alkanes of at least 4 members (excludes halogenated alkanes) is 1. The van der Waals surface area contributed by atoms with Crippen LogP contribution < -0.4 is 11.1 Å². The van der Waals surface area contributed by atoms with Gasteiger partial charge in [-0.25, -0.2) is 0 Å². The van der Waals surface area contributed by atoms with E-state index in [1.807, 2.05) is 18.2 Å². The van der Waals surface area contributed by atoms with Crippen LogP contribution in [0, 0.1) is 0 Å². The lowest BCUT2D eigenvalue weighted by Gasteiger charge is -2.12. The number of nitrogens with one attached hydrogen (secondary N) is 1. The van der Waals surface area contributed by atoms with Gasteiger partial charge >= 0.3 is 0 Å². The van der Waals surface area contributed by atoms with E-state index in [9.17, 15) is 4.79 Å². The highest BCUT2D eigenvalue weighted by Gasteiger charge is 2.12. The molecular formula is C14H23ClN2O2. The molecule has 0 saturated carbocycles. The minimum atomic E-state index is -0.324. The number of nitrogens with two attached hydrogens (primary N) is 1. The third-order valence-electron chi connectivity index (χ3n) is 2.79. The standard InChI is InChI=1S/C14H22N2O2.ClH/c1-2-3-8-16-14(18)13-7-5-4-6-11(13)9-12(15)10-17;/h4-7,12,17H,2-3,8-10,15H2,1H3,(H,16,18);1H/t12-;/m1./s1. The van der Waals surface area contributed by atoms with Gasteiger partial charge in [-0.15, -0.1) is 12.4 Å². The molecule has 1 rings (SSSR count). The quantitative estimate of drug-likeness (QED) is 0.665. The van der Waals surface area contributed by atoms with Gasteiger partial charge in [-0.1, -0.05) is 31.5 Å². The van der Waals surface area contributed by atoms with Gasteiger partial charge in [0, 0.05) is 18.2 Å². The molecule has 0 fully saturated rings. The van der Waals surface area contributed by atoms with Crippen LogP contribution in [0.3, 0.4) is 0 Å². The Morgan fingerprint density at radius 1 is 1.42 bits per heavy atom. The monoisotopic (exact) mass is 286 g/mol. The Morgan fingerprint density at radius 3 is 2.74 bits per heavy atom. The van der Waals surface area contributed by atoms with E-state index in [4.69, 9.17) is 10.8 Å². The van der Waals surface area contributed by atoms with Gasteiger partial charge in [0.2, 0.25) is 0 Å². The SMILES string of the molecule is CCCCNC(=O)c1ccccc1C[C@@H](N)CO.Cl. The second-order valence-electron chi connectivity index (χ2n) is 4.41. The fourth-order valence-corrected chi connectivity index (χ4v) is 1.74. The number of rotatable bonds is 7. The summed E-state index contributed by atoms with van der Waals surface area (Å²) in [4.78, 5) is 12.0. The first-order chi connectivity index (χ1) is 8.69. The van der Waals surface area contributed by atoms with Gasteiger partial charge in [-0.05, 0) is 24.5 Å². The number of carbonyl (C=O) groups is 1. The highest BCUT2D eigenvalue weighted by Crippen LogP contribution is 2.10. The van der Waals surface area contributed by atoms with Crippen molar-refractivity contribution in [3.63, 3.8) is 0 Å². The minimum absolute atomic E-state index is 0. The predicted octanol–water partition coefficient (Wildman–Crippen LogP) is 1.50. The predicted molar refractivity (Wildman–Crippen MR) is 79.7 cm³/mol. The average Bonchev–Trinajstić information content (AvgIpc) is 2.39. The Morgan fingerprint density at radius 2 is 2.11 bits per heavy atom. The van der Waals surface area contributed by atoms with Crippen molar-refractivity contribution in [2.75, 3.05) is 13.2 Å². The molecule has 0 aliphatic heterocycles. The number of hydrogen-bond acceptors (Lipinski definition) is 3. The molecule has 0 bridgehead atoms. The van der Waals surface area contributed by atoms with Crippen molar-refractivity contribution in [1.82, 2.24) is 5.32 Å². The second-order valence-corrected chi connectivity index (χ2v) is 4.41. The van der Waals surface area contributed by atoms with E-state index >= 15 is 0 Å². The number of halogens is 1. The van der Waals surface area contributed by atoms with E-state index in [-0.39, 0.29) is 31.0 Å². The van der Waals surface area contributed by atoms with E-state index in [2.05, 4.69) is 12.2 Å². The normalized spacial score (nSPS) is 11.5. The van der Waals surface area contributed by atoms with Crippen molar-refractivity contribution in [2.45, 2.75) is 32.2 Å². The Labute approximate surface area is 120 Å². The van der Waals surface area contributed by atoms with Gasteiger partial charge in [0.15, 0.2) is 0 Å². The summed E-state index contributed by atoms with van der Waals surface area (Å²) in [6, 6.07) is 7.06. The molecule has 5 heteroatoms. The first-order valence-corrected chi connectivity index (χ1v) is 6.41. The molecule has 0 aliphatic rings. The molecule has 1 amide bonds. The minimum Gasteiger partial charge on any atom is -0.395 e. The summed E-state index contributed by atoms with van der Waals surface area (Å²) in [5.74, 6) is -0.0656. The molecule has 0 radical (unpaired) electrons. The number of hydrogen-bond donors (Lipinski definition) is 3. The number of aliphatic hydroxyl groups is 1. The molecular weight excluding hydrogens is 264 g/mol. The summed E-state index contributed by atoms with van der Waals surface area (Å²) < 4.78 is 0.